The number of hydrogen-bond acceptors (Lipinski definition) is 2. The molecule has 0 aromatic heterocycles. The van der Waals surface area contributed by atoms with E-state index in [-0.39, 0.29) is 11.9 Å². The van der Waals surface area contributed by atoms with Gasteiger partial charge in [-0.2, -0.15) is 0 Å². The van der Waals surface area contributed by atoms with Crippen LogP contribution in [-0.4, -0.2) is 6.54 Å². The van der Waals surface area contributed by atoms with Gasteiger partial charge in [0.25, 0.3) is 0 Å². The first-order chi connectivity index (χ1) is 10.0. The summed E-state index contributed by atoms with van der Waals surface area (Å²) in [5.74, 6) is -0.200. The quantitative estimate of drug-likeness (QED) is 0.719. The largest absolute Gasteiger partial charge is 0.310 e. The highest BCUT2D eigenvalue weighted by atomic mass is 35.5. The normalized spacial score (nSPS) is 12.4. The molecular formula is C16H16Cl2FNS. The van der Waals surface area contributed by atoms with Crippen molar-refractivity contribution in [2.45, 2.75) is 29.7 Å². The molecule has 0 bridgehead atoms. The van der Waals surface area contributed by atoms with Crippen molar-refractivity contribution in [2.24, 2.45) is 0 Å². The van der Waals surface area contributed by atoms with Gasteiger partial charge in [0.15, 0.2) is 0 Å². The van der Waals surface area contributed by atoms with Crippen LogP contribution in [0, 0.1) is 5.82 Å². The molecule has 1 nitrogen and oxygen atoms in total. The molecule has 0 saturated heterocycles. The zero-order valence-electron chi connectivity index (χ0n) is 11.8. The first kappa shape index (κ1) is 16.6. The van der Waals surface area contributed by atoms with Crippen LogP contribution in [0.2, 0.25) is 10.0 Å². The number of nitrogens with one attached hydrogen (secondary N) is 1. The molecule has 2 aromatic carbocycles. The first-order valence-corrected chi connectivity index (χ1v) is 8.25. The summed E-state index contributed by atoms with van der Waals surface area (Å²) < 4.78 is 14.2. The van der Waals surface area contributed by atoms with E-state index in [1.807, 2.05) is 26.0 Å². The van der Waals surface area contributed by atoms with Gasteiger partial charge < -0.3 is 5.32 Å². The predicted molar refractivity (Wildman–Crippen MR) is 89.1 cm³/mol. The van der Waals surface area contributed by atoms with Crippen LogP contribution in [0.4, 0.5) is 4.39 Å². The highest BCUT2D eigenvalue weighted by molar-refractivity contribution is 7.99. The van der Waals surface area contributed by atoms with Crippen LogP contribution < -0.4 is 5.32 Å². The Morgan fingerprint density at radius 2 is 1.95 bits per heavy atom. The average molecular weight is 344 g/mol. The molecule has 21 heavy (non-hydrogen) atoms. The van der Waals surface area contributed by atoms with Gasteiger partial charge in [0.05, 0.1) is 10.0 Å². The molecule has 0 heterocycles. The van der Waals surface area contributed by atoms with Crippen LogP contribution in [0.25, 0.3) is 0 Å². The summed E-state index contributed by atoms with van der Waals surface area (Å²) in [5.41, 5.74) is 0.676. The Labute approximate surface area is 138 Å². The number of hydrogen-bond donors (Lipinski definition) is 1. The van der Waals surface area contributed by atoms with Crippen molar-refractivity contribution >= 4 is 35.0 Å². The Morgan fingerprint density at radius 3 is 2.62 bits per heavy atom. The van der Waals surface area contributed by atoms with Gasteiger partial charge in [0, 0.05) is 21.4 Å². The molecule has 2 aromatic rings. The van der Waals surface area contributed by atoms with Crippen LogP contribution >= 0.6 is 35.0 Å². The maximum absolute atomic E-state index is 14.2. The average Bonchev–Trinajstić information content (AvgIpc) is 2.43. The van der Waals surface area contributed by atoms with Crippen molar-refractivity contribution in [1.82, 2.24) is 5.32 Å². The number of rotatable bonds is 5. The lowest BCUT2D eigenvalue weighted by Crippen LogP contribution is -2.19. The van der Waals surface area contributed by atoms with Crippen molar-refractivity contribution in [3.8, 4) is 0 Å². The Kier molecular flexibility index (Phi) is 5.94. The second-order valence-corrected chi connectivity index (χ2v) is 6.54. The summed E-state index contributed by atoms with van der Waals surface area (Å²) in [6.07, 6.45) is 0. The molecular weight excluding hydrogens is 328 g/mol. The highest BCUT2D eigenvalue weighted by Crippen LogP contribution is 2.37. The van der Waals surface area contributed by atoms with E-state index in [0.29, 0.717) is 15.6 Å². The van der Waals surface area contributed by atoms with E-state index in [2.05, 4.69) is 5.32 Å². The smallest absolute Gasteiger partial charge is 0.129 e. The van der Waals surface area contributed by atoms with Gasteiger partial charge in [-0.1, -0.05) is 48.0 Å². The topological polar surface area (TPSA) is 12.0 Å². The van der Waals surface area contributed by atoms with Gasteiger partial charge in [0.1, 0.15) is 5.82 Å². The van der Waals surface area contributed by atoms with Gasteiger partial charge in [-0.3, -0.25) is 0 Å². The minimum absolute atomic E-state index is 0.0542. The molecule has 0 fully saturated rings. The van der Waals surface area contributed by atoms with Crippen LogP contribution in [0.15, 0.2) is 46.2 Å². The van der Waals surface area contributed by atoms with Crippen LogP contribution in [0.5, 0.6) is 0 Å². The summed E-state index contributed by atoms with van der Waals surface area (Å²) in [6, 6.07) is 10.5. The lowest BCUT2D eigenvalue weighted by atomic mass is 10.1. The van der Waals surface area contributed by atoms with Crippen molar-refractivity contribution in [1.29, 1.82) is 0 Å². The Hall–Kier alpha value is -0.740. The third-order valence-electron chi connectivity index (χ3n) is 3.08. The van der Waals surface area contributed by atoms with Crippen LogP contribution in [0.1, 0.15) is 25.5 Å². The molecule has 5 heteroatoms. The third-order valence-corrected chi connectivity index (χ3v) is 4.88. The lowest BCUT2D eigenvalue weighted by Gasteiger charge is -2.18. The fourth-order valence-electron chi connectivity index (χ4n) is 2.10. The van der Waals surface area contributed by atoms with Gasteiger partial charge in [0.2, 0.25) is 0 Å². The van der Waals surface area contributed by atoms with Gasteiger partial charge in [-0.15, -0.1) is 0 Å². The lowest BCUT2D eigenvalue weighted by molar-refractivity contribution is 0.531. The van der Waals surface area contributed by atoms with Gasteiger partial charge >= 0.3 is 0 Å². The Balaban J connectivity index is 2.35. The summed E-state index contributed by atoms with van der Waals surface area (Å²) in [7, 11) is 0. The number of benzene rings is 2. The van der Waals surface area contributed by atoms with E-state index >= 15 is 0 Å². The Morgan fingerprint density at radius 1 is 1.19 bits per heavy atom. The van der Waals surface area contributed by atoms with Crippen molar-refractivity contribution < 1.29 is 4.39 Å². The zero-order valence-corrected chi connectivity index (χ0v) is 14.1. The van der Waals surface area contributed by atoms with E-state index in [1.54, 1.807) is 18.2 Å². The summed E-state index contributed by atoms with van der Waals surface area (Å²) in [5, 5.41) is 4.26. The fraction of sp³-hybridized carbons (Fsp3) is 0.250. The molecule has 1 unspecified atom stereocenters. The molecule has 0 aliphatic rings. The molecule has 0 aliphatic carbocycles. The van der Waals surface area contributed by atoms with Crippen LogP contribution in [0.3, 0.4) is 0 Å². The fourth-order valence-corrected chi connectivity index (χ4v) is 3.56. The van der Waals surface area contributed by atoms with Gasteiger partial charge in [-0.05, 0) is 43.8 Å². The number of halogens is 3. The van der Waals surface area contributed by atoms with E-state index in [4.69, 9.17) is 23.2 Å². The highest BCUT2D eigenvalue weighted by Gasteiger charge is 2.16. The summed E-state index contributed by atoms with van der Waals surface area (Å²) in [4.78, 5) is 1.81. The molecule has 0 aliphatic heterocycles. The van der Waals surface area contributed by atoms with Crippen molar-refractivity contribution in [3.63, 3.8) is 0 Å². The standard InChI is InChI=1S/C16H16Cl2FNS/c1-3-20-10(2)16-14(19)5-4-6-15(16)21-11-7-8-12(17)13(18)9-11/h4-10,20H,3H2,1-2H3. The SMILES string of the molecule is CCNC(C)c1c(F)cccc1Sc1ccc(Cl)c(Cl)c1. The second kappa shape index (κ2) is 7.50. The first-order valence-electron chi connectivity index (χ1n) is 6.67. The minimum Gasteiger partial charge on any atom is -0.310 e. The molecule has 0 spiro atoms. The van der Waals surface area contributed by atoms with Crippen molar-refractivity contribution in [2.75, 3.05) is 6.54 Å². The molecule has 0 amide bonds. The summed E-state index contributed by atoms with van der Waals surface area (Å²) in [6.45, 7) is 4.75. The molecule has 0 radical (unpaired) electrons. The predicted octanol–water partition coefficient (Wildman–Crippen LogP) is 5.95. The molecule has 2 rings (SSSR count). The van der Waals surface area contributed by atoms with Crippen LogP contribution in [-0.2, 0) is 0 Å². The van der Waals surface area contributed by atoms with E-state index in [0.717, 1.165) is 16.3 Å². The zero-order chi connectivity index (χ0) is 15.4. The molecule has 0 saturated carbocycles. The molecule has 1 atom stereocenters. The maximum atomic E-state index is 14.2. The van der Waals surface area contributed by atoms with Crippen molar-refractivity contribution in [3.05, 3.63) is 57.8 Å². The van der Waals surface area contributed by atoms with E-state index in [9.17, 15) is 4.39 Å². The van der Waals surface area contributed by atoms with E-state index < -0.39 is 0 Å². The monoisotopic (exact) mass is 343 g/mol. The summed E-state index contributed by atoms with van der Waals surface area (Å²) >= 11 is 13.4. The molecule has 112 valence electrons. The molecule has 1 N–H and O–H groups in total. The van der Waals surface area contributed by atoms with E-state index in [1.165, 1.54) is 17.8 Å². The second-order valence-electron chi connectivity index (χ2n) is 4.61. The minimum atomic E-state index is -0.200. The third kappa shape index (κ3) is 4.13. The maximum Gasteiger partial charge on any atom is 0.129 e. The van der Waals surface area contributed by atoms with Gasteiger partial charge in [-0.25, -0.2) is 4.39 Å². The Bertz CT molecular complexity index is 634.